The Kier molecular flexibility index (Phi) is 8.96. The van der Waals surface area contributed by atoms with Gasteiger partial charge in [-0.3, -0.25) is 9.59 Å². The third-order valence-corrected chi connectivity index (χ3v) is 6.82. The summed E-state index contributed by atoms with van der Waals surface area (Å²) < 4.78 is 14.2. The smallest absolute Gasteiger partial charge is 0.282 e. The SMILES string of the molecule is CC[C@@H](C)c1nc2ccc(Br)cc2c(=O)n1N=Cc1cc(Br)cc(OC)c1OCC(=O)Nc1ccccc1. The minimum Gasteiger partial charge on any atom is -0.493 e. The molecular weight excluding hydrogens is 616 g/mol. The molecule has 1 amide bonds. The van der Waals surface area contributed by atoms with Crippen LogP contribution in [0.25, 0.3) is 10.9 Å². The van der Waals surface area contributed by atoms with Gasteiger partial charge in [0.1, 0.15) is 5.82 Å². The van der Waals surface area contributed by atoms with Crippen molar-refractivity contribution in [2.24, 2.45) is 5.10 Å². The van der Waals surface area contributed by atoms with Crippen molar-refractivity contribution in [2.75, 3.05) is 19.0 Å². The van der Waals surface area contributed by atoms with E-state index < -0.39 is 0 Å². The number of aromatic nitrogens is 2. The number of hydrogen-bond donors (Lipinski definition) is 1. The fourth-order valence-electron chi connectivity index (χ4n) is 3.75. The maximum atomic E-state index is 13.5. The molecule has 4 rings (SSSR count). The van der Waals surface area contributed by atoms with Crippen LogP contribution < -0.4 is 20.3 Å². The lowest BCUT2D eigenvalue weighted by atomic mass is 10.1. The first-order chi connectivity index (χ1) is 18.3. The number of ether oxygens (including phenoxy) is 2. The van der Waals surface area contributed by atoms with Crippen molar-refractivity contribution >= 4 is 60.6 Å². The van der Waals surface area contributed by atoms with Crippen molar-refractivity contribution in [1.82, 2.24) is 9.66 Å². The van der Waals surface area contributed by atoms with Crippen LogP contribution in [0.5, 0.6) is 11.5 Å². The van der Waals surface area contributed by atoms with E-state index in [1.807, 2.05) is 44.2 Å². The highest BCUT2D eigenvalue weighted by Crippen LogP contribution is 2.34. The largest absolute Gasteiger partial charge is 0.493 e. The Morgan fingerprint density at radius 1 is 1.13 bits per heavy atom. The summed E-state index contributed by atoms with van der Waals surface area (Å²) in [7, 11) is 1.51. The van der Waals surface area contributed by atoms with Gasteiger partial charge in [-0.2, -0.15) is 9.78 Å². The lowest BCUT2D eigenvalue weighted by Gasteiger charge is -2.15. The normalized spacial score (nSPS) is 12.0. The van der Waals surface area contributed by atoms with E-state index in [-0.39, 0.29) is 24.0 Å². The van der Waals surface area contributed by atoms with E-state index in [0.717, 1.165) is 10.9 Å². The number of fused-ring (bicyclic) bond motifs is 1. The van der Waals surface area contributed by atoms with Gasteiger partial charge in [-0.25, -0.2) is 4.98 Å². The Morgan fingerprint density at radius 3 is 2.61 bits per heavy atom. The first-order valence-electron chi connectivity index (χ1n) is 11.9. The van der Waals surface area contributed by atoms with Gasteiger partial charge in [0.15, 0.2) is 18.1 Å². The monoisotopic (exact) mass is 640 g/mol. The molecule has 0 aliphatic carbocycles. The fraction of sp³-hybridized carbons (Fsp3) is 0.214. The quantitative estimate of drug-likeness (QED) is 0.215. The molecule has 0 saturated heterocycles. The van der Waals surface area contributed by atoms with Crippen molar-refractivity contribution in [3.05, 3.63) is 91.4 Å². The van der Waals surface area contributed by atoms with Gasteiger partial charge in [-0.05, 0) is 48.9 Å². The molecule has 0 unspecified atom stereocenters. The molecule has 10 heteroatoms. The Hall–Kier alpha value is -3.50. The summed E-state index contributed by atoms with van der Waals surface area (Å²) in [6.07, 6.45) is 2.29. The van der Waals surface area contributed by atoms with Gasteiger partial charge in [0, 0.05) is 26.1 Å². The second-order valence-electron chi connectivity index (χ2n) is 8.53. The molecule has 1 aromatic heterocycles. The van der Waals surface area contributed by atoms with Crippen LogP contribution in [0, 0.1) is 0 Å². The number of methoxy groups -OCH3 is 1. The Morgan fingerprint density at radius 2 is 1.89 bits per heavy atom. The van der Waals surface area contributed by atoms with E-state index in [2.05, 4.69) is 42.3 Å². The molecule has 1 atom stereocenters. The zero-order chi connectivity index (χ0) is 27.2. The summed E-state index contributed by atoms with van der Waals surface area (Å²) in [5.41, 5.74) is 1.50. The zero-order valence-corrected chi connectivity index (χ0v) is 24.2. The number of carbonyl (C=O) groups excluding carboxylic acids is 1. The summed E-state index contributed by atoms with van der Waals surface area (Å²) in [6.45, 7) is 3.78. The van der Waals surface area contributed by atoms with Crippen LogP contribution in [0.2, 0.25) is 0 Å². The second-order valence-corrected chi connectivity index (χ2v) is 10.4. The van der Waals surface area contributed by atoms with Crippen molar-refractivity contribution in [3.63, 3.8) is 0 Å². The number of para-hydroxylation sites is 1. The first kappa shape index (κ1) is 27.5. The summed E-state index contributed by atoms with van der Waals surface area (Å²) in [6, 6.07) is 18.0. The standard InChI is InChI=1S/C28H26Br2N4O4/c1-4-17(2)27-33-23-11-10-19(29)13-22(23)28(36)34(27)31-15-18-12-20(30)14-24(37-3)26(18)38-16-25(35)32-21-8-6-5-7-9-21/h5-15,17H,4,16H2,1-3H3,(H,32,35)/t17-/m1/s1. The van der Waals surface area contributed by atoms with E-state index in [9.17, 15) is 9.59 Å². The van der Waals surface area contributed by atoms with Crippen molar-refractivity contribution in [3.8, 4) is 11.5 Å². The number of nitrogens with zero attached hydrogens (tertiary/aromatic N) is 3. The molecule has 0 saturated carbocycles. The van der Waals surface area contributed by atoms with E-state index in [4.69, 9.17) is 14.5 Å². The van der Waals surface area contributed by atoms with Crippen LogP contribution in [0.4, 0.5) is 5.69 Å². The van der Waals surface area contributed by atoms with Crippen LogP contribution >= 0.6 is 31.9 Å². The van der Waals surface area contributed by atoms with Crippen LogP contribution in [-0.4, -0.2) is 35.5 Å². The van der Waals surface area contributed by atoms with E-state index in [1.54, 1.807) is 30.3 Å². The van der Waals surface area contributed by atoms with E-state index in [1.165, 1.54) is 18.0 Å². The minimum absolute atomic E-state index is 0.0117. The van der Waals surface area contributed by atoms with E-state index >= 15 is 0 Å². The summed E-state index contributed by atoms with van der Waals surface area (Å²) in [5.74, 6) is 0.932. The Bertz CT molecular complexity index is 1550. The Labute approximate surface area is 236 Å². The van der Waals surface area contributed by atoms with Crippen molar-refractivity contribution < 1.29 is 14.3 Å². The molecule has 1 heterocycles. The molecule has 38 heavy (non-hydrogen) atoms. The molecule has 196 valence electrons. The predicted molar refractivity (Wildman–Crippen MR) is 157 cm³/mol. The van der Waals surface area contributed by atoms with Gasteiger partial charge < -0.3 is 14.8 Å². The highest BCUT2D eigenvalue weighted by molar-refractivity contribution is 9.10. The maximum absolute atomic E-state index is 13.5. The fourth-order valence-corrected chi connectivity index (χ4v) is 4.56. The molecule has 0 bridgehead atoms. The predicted octanol–water partition coefficient (Wildman–Crippen LogP) is 6.34. The number of amides is 1. The van der Waals surface area contributed by atoms with Gasteiger partial charge in [-0.1, -0.05) is 63.9 Å². The number of anilines is 1. The third kappa shape index (κ3) is 6.31. The maximum Gasteiger partial charge on any atom is 0.282 e. The number of hydrogen-bond acceptors (Lipinski definition) is 6. The van der Waals surface area contributed by atoms with Gasteiger partial charge in [0.05, 0.1) is 24.2 Å². The molecule has 0 fully saturated rings. The topological polar surface area (TPSA) is 94.8 Å². The Balaban J connectivity index is 1.72. The molecule has 3 aromatic carbocycles. The molecular formula is C28H26Br2N4O4. The first-order valence-corrected chi connectivity index (χ1v) is 13.5. The summed E-state index contributed by atoms with van der Waals surface area (Å²) >= 11 is 6.91. The molecule has 0 aliphatic heterocycles. The molecule has 0 radical (unpaired) electrons. The number of rotatable bonds is 9. The third-order valence-electron chi connectivity index (χ3n) is 5.87. The van der Waals surface area contributed by atoms with Crippen LogP contribution in [-0.2, 0) is 4.79 Å². The van der Waals surface area contributed by atoms with Gasteiger partial charge in [0.2, 0.25) is 0 Å². The number of halogens is 2. The molecule has 1 N–H and O–H groups in total. The second kappa shape index (κ2) is 12.4. The van der Waals surface area contributed by atoms with Gasteiger partial charge >= 0.3 is 0 Å². The zero-order valence-electron chi connectivity index (χ0n) is 21.1. The highest BCUT2D eigenvalue weighted by Gasteiger charge is 2.17. The number of carbonyl (C=O) groups is 1. The van der Waals surface area contributed by atoms with Gasteiger partial charge in [-0.15, -0.1) is 0 Å². The van der Waals surface area contributed by atoms with Gasteiger partial charge in [0.25, 0.3) is 11.5 Å². The summed E-state index contributed by atoms with van der Waals surface area (Å²) in [4.78, 5) is 30.7. The van der Waals surface area contributed by atoms with Crippen LogP contribution in [0.3, 0.4) is 0 Å². The number of nitrogens with one attached hydrogen (secondary N) is 1. The van der Waals surface area contributed by atoms with Crippen LogP contribution in [0.1, 0.15) is 37.6 Å². The average molecular weight is 642 g/mol. The summed E-state index contributed by atoms with van der Waals surface area (Å²) in [5, 5.41) is 7.78. The molecule has 0 spiro atoms. The van der Waals surface area contributed by atoms with Crippen molar-refractivity contribution in [2.45, 2.75) is 26.2 Å². The molecule has 0 aliphatic rings. The van der Waals surface area contributed by atoms with Crippen LogP contribution in [0.15, 0.2) is 79.5 Å². The molecule has 8 nitrogen and oxygen atoms in total. The lowest BCUT2D eigenvalue weighted by Crippen LogP contribution is -2.24. The lowest BCUT2D eigenvalue weighted by molar-refractivity contribution is -0.118. The minimum atomic E-state index is -0.330. The number of benzene rings is 3. The van der Waals surface area contributed by atoms with E-state index in [0.29, 0.717) is 43.9 Å². The highest BCUT2D eigenvalue weighted by atomic mass is 79.9. The average Bonchev–Trinajstić information content (AvgIpc) is 2.91. The van der Waals surface area contributed by atoms with Crippen molar-refractivity contribution in [1.29, 1.82) is 0 Å². The molecule has 4 aromatic rings.